The summed E-state index contributed by atoms with van der Waals surface area (Å²) in [6.07, 6.45) is 0. The summed E-state index contributed by atoms with van der Waals surface area (Å²) >= 11 is 6.03. The number of nitrogens with two attached hydrogens (primary N) is 1. The van der Waals surface area contributed by atoms with Crippen LogP contribution in [-0.4, -0.2) is 25.3 Å². The standard InChI is InChI=1S/C22H17ClFN3O3S/c1-30-22-12-16(24)6-11-19(22)20-13-21(14-2-4-15(23)5-3-14)27(26-20)17-7-9-18(10-8-17)31(25,28)29/h2-13H,1H3,(H2,25,28,29). The smallest absolute Gasteiger partial charge is 0.238 e. The Morgan fingerprint density at radius 2 is 1.68 bits per heavy atom. The first-order chi connectivity index (χ1) is 14.8. The van der Waals surface area contributed by atoms with Gasteiger partial charge in [0.15, 0.2) is 0 Å². The third kappa shape index (κ3) is 4.32. The van der Waals surface area contributed by atoms with Crippen molar-refractivity contribution in [3.05, 3.63) is 83.6 Å². The Balaban J connectivity index is 1.90. The van der Waals surface area contributed by atoms with Crippen molar-refractivity contribution in [2.24, 2.45) is 5.14 Å². The SMILES string of the molecule is COc1cc(F)ccc1-c1cc(-c2ccc(Cl)cc2)n(-c2ccc(S(N)(=O)=O)cc2)n1. The highest BCUT2D eigenvalue weighted by Crippen LogP contribution is 2.34. The van der Waals surface area contributed by atoms with E-state index in [4.69, 9.17) is 21.5 Å². The van der Waals surface area contributed by atoms with Crippen molar-refractivity contribution < 1.29 is 17.5 Å². The summed E-state index contributed by atoms with van der Waals surface area (Å²) < 4.78 is 43.8. The van der Waals surface area contributed by atoms with E-state index in [1.165, 1.54) is 31.4 Å². The molecule has 9 heteroatoms. The van der Waals surface area contributed by atoms with E-state index < -0.39 is 15.8 Å². The summed E-state index contributed by atoms with van der Waals surface area (Å²) in [6.45, 7) is 0. The summed E-state index contributed by atoms with van der Waals surface area (Å²) in [7, 11) is -2.36. The van der Waals surface area contributed by atoms with Gasteiger partial charge in [-0.15, -0.1) is 0 Å². The summed E-state index contributed by atoms with van der Waals surface area (Å²) in [5.41, 5.74) is 3.34. The average molecular weight is 458 g/mol. The second kappa shape index (κ2) is 8.14. The molecule has 0 fully saturated rings. The number of ether oxygens (including phenoxy) is 1. The zero-order chi connectivity index (χ0) is 22.2. The molecule has 0 saturated heterocycles. The van der Waals surface area contributed by atoms with Crippen molar-refractivity contribution in [3.8, 4) is 34.0 Å². The minimum absolute atomic E-state index is 0.00289. The van der Waals surface area contributed by atoms with Crippen LogP contribution in [0.3, 0.4) is 0 Å². The van der Waals surface area contributed by atoms with Gasteiger partial charge in [0, 0.05) is 22.2 Å². The molecule has 0 amide bonds. The zero-order valence-corrected chi connectivity index (χ0v) is 17.9. The lowest BCUT2D eigenvalue weighted by Gasteiger charge is -2.09. The molecule has 1 aromatic heterocycles. The van der Waals surface area contributed by atoms with Crippen molar-refractivity contribution in [1.29, 1.82) is 0 Å². The minimum Gasteiger partial charge on any atom is -0.496 e. The molecule has 0 aliphatic carbocycles. The van der Waals surface area contributed by atoms with Crippen molar-refractivity contribution >= 4 is 21.6 Å². The molecule has 1 heterocycles. The molecule has 6 nitrogen and oxygen atoms in total. The summed E-state index contributed by atoms with van der Waals surface area (Å²) in [5.74, 6) is -0.0755. The number of rotatable bonds is 5. The lowest BCUT2D eigenvalue weighted by atomic mass is 10.1. The molecule has 0 atom stereocenters. The average Bonchev–Trinajstić information content (AvgIpc) is 3.18. The van der Waals surface area contributed by atoms with E-state index in [0.717, 1.165) is 11.3 Å². The molecule has 0 unspecified atom stereocenters. The van der Waals surface area contributed by atoms with E-state index in [1.807, 2.05) is 18.2 Å². The second-order valence-electron chi connectivity index (χ2n) is 6.72. The lowest BCUT2D eigenvalue weighted by Crippen LogP contribution is -2.12. The molecule has 0 aliphatic rings. The van der Waals surface area contributed by atoms with Gasteiger partial charge in [0.05, 0.1) is 29.1 Å². The fraction of sp³-hybridized carbons (Fsp3) is 0.0455. The van der Waals surface area contributed by atoms with Crippen LogP contribution in [0.1, 0.15) is 0 Å². The maximum absolute atomic E-state index is 13.7. The number of nitrogens with zero attached hydrogens (tertiary/aromatic N) is 2. The number of sulfonamides is 1. The maximum atomic E-state index is 13.7. The molecule has 31 heavy (non-hydrogen) atoms. The van der Waals surface area contributed by atoms with Crippen LogP contribution < -0.4 is 9.88 Å². The monoisotopic (exact) mass is 457 g/mol. The molecule has 0 aliphatic heterocycles. The Kier molecular flexibility index (Phi) is 5.53. The van der Waals surface area contributed by atoms with Crippen molar-refractivity contribution in [3.63, 3.8) is 0 Å². The van der Waals surface area contributed by atoms with Crippen LogP contribution in [0.2, 0.25) is 5.02 Å². The lowest BCUT2D eigenvalue weighted by molar-refractivity contribution is 0.413. The normalized spacial score (nSPS) is 11.5. The van der Waals surface area contributed by atoms with Crippen LogP contribution in [0.15, 0.2) is 77.7 Å². The third-order valence-corrected chi connectivity index (χ3v) is 5.88. The van der Waals surface area contributed by atoms with E-state index in [2.05, 4.69) is 5.10 Å². The highest BCUT2D eigenvalue weighted by atomic mass is 35.5. The Morgan fingerprint density at radius 1 is 1.00 bits per heavy atom. The van der Waals surface area contributed by atoms with Gasteiger partial charge in [-0.25, -0.2) is 22.6 Å². The van der Waals surface area contributed by atoms with Gasteiger partial charge >= 0.3 is 0 Å². The van der Waals surface area contributed by atoms with Crippen molar-refractivity contribution in [1.82, 2.24) is 9.78 Å². The highest BCUT2D eigenvalue weighted by Gasteiger charge is 2.17. The number of aromatic nitrogens is 2. The molecule has 3 aromatic carbocycles. The van der Waals surface area contributed by atoms with Crippen molar-refractivity contribution in [2.45, 2.75) is 4.90 Å². The second-order valence-corrected chi connectivity index (χ2v) is 8.71. The topological polar surface area (TPSA) is 87.2 Å². The van der Waals surface area contributed by atoms with E-state index in [1.54, 1.807) is 35.0 Å². The molecular weight excluding hydrogens is 441 g/mol. The molecule has 158 valence electrons. The van der Waals surface area contributed by atoms with Gasteiger partial charge in [0.2, 0.25) is 10.0 Å². The van der Waals surface area contributed by atoms with Crippen LogP contribution in [0.5, 0.6) is 5.75 Å². The number of methoxy groups -OCH3 is 1. The molecule has 0 spiro atoms. The fourth-order valence-electron chi connectivity index (χ4n) is 3.19. The number of halogens is 2. The summed E-state index contributed by atoms with van der Waals surface area (Å²) in [6, 6.07) is 19.3. The predicted octanol–water partition coefficient (Wildman–Crippen LogP) is 4.65. The predicted molar refractivity (Wildman–Crippen MR) is 117 cm³/mol. The fourth-order valence-corrected chi connectivity index (χ4v) is 3.83. The number of hydrogen-bond acceptors (Lipinski definition) is 4. The Bertz CT molecular complexity index is 1350. The Hall–Kier alpha value is -3.20. The summed E-state index contributed by atoms with van der Waals surface area (Å²) in [5, 5.41) is 10.5. The van der Waals surface area contributed by atoms with Crippen LogP contribution in [0.25, 0.3) is 28.2 Å². The van der Waals surface area contributed by atoms with Gasteiger partial charge in [-0.05, 0) is 54.6 Å². The van der Waals surface area contributed by atoms with Gasteiger partial charge in [-0.1, -0.05) is 23.7 Å². The van der Waals surface area contributed by atoms with Gasteiger partial charge in [-0.2, -0.15) is 5.10 Å². The molecule has 0 radical (unpaired) electrons. The molecule has 4 rings (SSSR count). The molecule has 0 saturated carbocycles. The van der Waals surface area contributed by atoms with Crippen molar-refractivity contribution in [2.75, 3.05) is 7.11 Å². The third-order valence-electron chi connectivity index (χ3n) is 4.70. The van der Waals surface area contributed by atoms with E-state index >= 15 is 0 Å². The molecule has 2 N–H and O–H groups in total. The van der Waals surface area contributed by atoms with Gasteiger partial charge < -0.3 is 4.74 Å². The van der Waals surface area contributed by atoms with Gasteiger partial charge in [0.25, 0.3) is 0 Å². The zero-order valence-electron chi connectivity index (χ0n) is 16.3. The van der Waals surface area contributed by atoms with Crippen LogP contribution in [0.4, 0.5) is 4.39 Å². The number of primary sulfonamides is 1. The Labute approximate surface area is 183 Å². The maximum Gasteiger partial charge on any atom is 0.238 e. The van der Waals surface area contributed by atoms with E-state index in [-0.39, 0.29) is 4.90 Å². The van der Waals surface area contributed by atoms with Gasteiger partial charge in [-0.3, -0.25) is 0 Å². The minimum atomic E-state index is -3.82. The van der Waals surface area contributed by atoms with Crippen LogP contribution in [0, 0.1) is 5.82 Å². The number of hydrogen-bond donors (Lipinski definition) is 1. The van der Waals surface area contributed by atoms with E-state index in [0.29, 0.717) is 27.7 Å². The van der Waals surface area contributed by atoms with Crippen LogP contribution >= 0.6 is 11.6 Å². The molecule has 4 aromatic rings. The van der Waals surface area contributed by atoms with Crippen LogP contribution in [-0.2, 0) is 10.0 Å². The van der Waals surface area contributed by atoms with E-state index in [9.17, 15) is 12.8 Å². The van der Waals surface area contributed by atoms with Gasteiger partial charge in [0.1, 0.15) is 11.6 Å². The summed E-state index contributed by atoms with van der Waals surface area (Å²) in [4.78, 5) is -0.00289. The first kappa shape index (κ1) is 21.0. The first-order valence-electron chi connectivity index (χ1n) is 9.09. The largest absolute Gasteiger partial charge is 0.496 e. The molecular formula is C22H17ClFN3O3S. The number of benzene rings is 3. The first-order valence-corrected chi connectivity index (χ1v) is 11.0. The highest BCUT2D eigenvalue weighted by molar-refractivity contribution is 7.89. The molecule has 0 bridgehead atoms. The quantitative estimate of drug-likeness (QED) is 0.472. The Morgan fingerprint density at radius 3 is 2.29 bits per heavy atom.